The van der Waals surface area contributed by atoms with Gasteiger partial charge in [0.15, 0.2) is 0 Å². The van der Waals surface area contributed by atoms with Crippen molar-refractivity contribution in [1.29, 1.82) is 0 Å². The van der Waals surface area contributed by atoms with Crippen molar-refractivity contribution in [2.75, 3.05) is 6.54 Å². The maximum atomic E-state index is 13.1. The highest BCUT2D eigenvalue weighted by Crippen LogP contribution is 2.29. The maximum Gasteiger partial charge on any atom is 0.123 e. The smallest absolute Gasteiger partial charge is 0.123 e. The van der Waals surface area contributed by atoms with E-state index in [2.05, 4.69) is 32.2 Å². The number of benzene rings is 1. The summed E-state index contributed by atoms with van der Waals surface area (Å²) in [6.45, 7) is 9.41. The van der Waals surface area contributed by atoms with E-state index >= 15 is 0 Å². The van der Waals surface area contributed by atoms with Crippen molar-refractivity contribution >= 4 is 0 Å². The summed E-state index contributed by atoms with van der Waals surface area (Å²) in [4.78, 5) is 0. The van der Waals surface area contributed by atoms with E-state index in [0.717, 1.165) is 36.5 Å². The van der Waals surface area contributed by atoms with Gasteiger partial charge in [-0.05, 0) is 63.1 Å². The molecule has 2 nitrogen and oxygen atoms in total. The molecule has 2 aromatic rings. The van der Waals surface area contributed by atoms with E-state index in [0.29, 0.717) is 6.04 Å². The summed E-state index contributed by atoms with van der Waals surface area (Å²) in [6.07, 6.45) is 1.82. The third-order valence-corrected chi connectivity index (χ3v) is 4.02. The van der Waals surface area contributed by atoms with Crippen LogP contribution in [0.3, 0.4) is 0 Å². The molecule has 0 aliphatic carbocycles. The highest BCUT2D eigenvalue weighted by Gasteiger charge is 2.26. The van der Waals surface area contributed by atoms with Gasteiger partial charge < -0.3 is 9.73 Å². The molecule has 0 radical (unpaired) electrons. The highest BCUT2D eigenvalue weighted by molar-refractivity contribution is 5.17. The molecule has 0 spiro atoms. The van der Waals surface area contributed by atoms with Crippen molar-refractivity contribution in [2.45, 2.75) is 52.0 Å². The van der Waals surface area contributed by atoms with Crippen LogP contribution in [0.25, 0.3) is 0 Å². The molecule has 2 rings (SSSR count). The van der Waals surface area contributed by atoms with Crippen molar-refractivity contribution in [1.82, 2.24) is 5.32 Å². The Morgan fingerprint density at radius 3 is 2.64 bits per heavy atom. The summed E-state index contributed by atoms with van der Waals surface area (Å²) in [6, 6.07) is 11.2. The van der Waals surface area contributed by atoms with Crippen LogP contribution < -0.4 is 5.32 Å². The minimum Gasteiger partial charge on any atom is -0.466 e. The van der Waals surface area contributed by atoms with E-state index in [1.165, 1.54) is 6.07 Å². The molecule has 120 valence electrons. The molecule has 0 aliphatic heterocycles. The normalized spacial score (nSPS) is 13.3. The lowest BCUT2D eigenvalue weighted by atomic mass is 9.83. The molecule has 1 aromatic carbocycles. The molecule has 1 N–H and O–H groups in total. The van der Waals surface area contributed by atoms with Gasteiger partial charge >= 0.3 is 0 Å². The Labute approximate surface area is 132 Å². The fraction of sp³-hybridized carbons (Fsp3) is 0.474. The summed E-state index contributed by atoms with van der Waals surface area (Å²) in [7, 11) is 0. The average molecular weight is 303 g/mol. The number of rotatable bonds is 7. The molecule has 1 aromatic heterocycles. The molecule has 0 saturated carbocycles. The second kappa shape index (κ2) is 7.10. The Morgan fingerprint density at radius 2 is 2.00 bits per heavy atom. The van der Waals surface area contributed by atoms with E-state index in [4.69, 9.17) is 4.42 Å². The first-order valence-corrected chi connectivity index (χ1v) is 7.91. The number of hydrogen-bond acceptors (Lipinski definition) is 2. The Hall–Kier alpha value is -1.61. The quantitative estimate of drug-likeness (QED) is 0.807. The molecule has 1 unspecified atom stereocenters. The SMILES string of the molecule is Cc1ccc(C(C)(C)CC(C)NCCc2cccc(F)c2)o1. The van der Waals surface area contributed by atoms with Gasteiger partial charge in [-0.25, -0.2) is 4.39 Å². The predicted octanol–water partition coefficient (Wildman–Crippen LogP) is 4.62. The van der Waals surface area contributed by atoms with E-state index in [-0.39, 0.29) is 11.2 Å². The van der Waals surface area contributed by atoms with Crippen LogP contribution in [0.2, 0.25) is 0 Å². The van der Waals surface area contributed by atoms with E-state index in [9.17, 15) is 4.39 Å². The molecule has 22 heavy (non-hydrogen) atoms. The average Bonchev–Trinajstić information content (AvgIpc) is 2.86. The summed E-state index contributed by atoms with van der Waals surface area (Å²) < 4.78 is 18.9. The van der Waals surface area contributed by atoms with Crippen molar-refractivity contribution in [3.8, 4) is 0 Å². The first kappa shape index (κ1) is 16.8. The number of nitrogens with one attached hydrogen (secondary N) is 1. The van der Waals surface area contributed by atoms with Gasteiger partial charge in [0.1, 0.15) is 17.3 Å². The van der Waals surface area contributed by atoms with Gasteiger partial charge in [0.25, 0.3) is 0 Å². The van der Waals surface area contributed by atoms with Crippen molar-refractivity contribution < 1.29 is 8.81 Å². The van der Waals surface area contributed by atoms with Crippen LogP contribution in [0.4, 0.5) is 4.39 Å². The van der Waals surface area contributed by atoms with Crippen molar-refractivity contribution in [2.24, 2.45) is 0 Å². The number of halogens is 1. The Balaban J connectivity index is 1.81. The molecule has 3 heteroatoms. The molecule has 1 heterocycles. The lowest BCUT2D eigenvalue weighted by Crippen LogP contribution is -2.34. The summed E-state index contributed by atoms with van der Waals surface area (Å²) >= 11 is 0. The van der Waals surface area contributed by atoms with Crippen molar-refractivity contribution in [3.63, 3.8) is 0 Å². The van der Waals surface area contributed by atoms with Gasteiger partial charge in [-0.2, -0.15) is 0 Å². The third kappa shape index (κ3) is 4.70. The third-order valence-electron chi connectivity index (χ3n) is 4.02. The minimum atomic E-state index is -0.167. The van der Waals surface area contributed by atoms with Crippen LogP contribution in [0.15, 0.2) is 40.8 Å². The molecule has 0 aliphatic rings. The van der Waals surface area contributed by atoms with Gasteiger partial charge in [0.2, 0.25) is 0 Å². The molecule has 0 saturated heterocycles. The fourth-order valence-corrected chi connectivity index (χ4v) is 2.89. The van der Waals surface area contributed by atoms with Crippen LogP contribution in [-0.4, -0.2) is 12.6 Å². The van der Waals surface area contributed by atoms with Crippen LogP contribution in [0, 0.1) is 12.7 Å². The lowest BCUT2D eigenvalue weighted by Gasteiger charge is -2.26. The van der Waals surface area contributed by atoms with E-state index in [1.807, 2.05) is 19.1 Å². The first-order valence-electron chi connectivity index (χ1n) is 7.91. The minimum absolute atomic E-state index is 0.000465. The van der Waals surface area contributed by atoms with Crippen LogP contribution >= 0.6 is 0 Å². The Morgan fingerprint density at radius 1 is 1.23 bits per heavy atom. The first-order chi connectivity index (χ1) is 10.4. The van der Waals surface area contributed by atoms with Gasteiger partial charge in [0.05, 0.1) is 0 Å². The summed E-state index contributed by atoms with van der Waals surface area (Å²) in [5.74, 6) is 1.82. The van der Waals surface area contributed by atoms with Gasteiger partial charge in [-0.15, -0.1) is 0 Å². The topological polar surface area (TPSA) is 25.2 Å². The second-order valence-electron chi connectivity index (χ2n) is 6.73. The fourth-order valence-electron chi connectivity index (χ4n) is 2.89. The zero-order valence-electron chi connectivity index (χ0n) is 13.9. The molecular formula is C19H26FNO. The lowest BCUT2D eigenvalue weighted by molar-refractivity contribution is 0.320. The van der Waals surface area contributed by atoms with Crippen LogP contribution in [0.1, 0.15) is 44.3 Å². The number of hydrogen-bond donors (Lipinski definition) is 1. The summed E-state index contributed by atoms with van der Waals surface area (Å²) in [5, 5.41) is 3.52. The van der Waals surface area contributed by atoms with Gasteiger partial charge in [-0.1, -0.05) is 26.0 Å². The Bertz CT molecular complexity index is 603. The molecule has 0 amide bonds. The Kier molecular flexibility index (Phi) is 5.41. The second-order valence-corrected chi connectivity index (χ2v) is 6.73. The number of furan rings is 1. The van der Waals surface area contributed by atoms with Crippen LogP contribution in [0.5, 0.6) is 0 Å². The van der Waals surface area contributed by atoms with Crippen LogP contribution in [-0.2, 0) is 11.8 Å². The molecular weight excluding hydrogens is 277 g/mol. The molecule has 0 bridgehead atoms. The zero-order valence-corrected chi connectivity index (χ0v) is 13.9. The van der Waals surface area contributed by atoms with Gasteiger partial charge in [-0.3, -0.25) is 0 Å². The highest BCUT2D eigenvalue weighted by atomic mass is 19.1. The van der Waals surface area contributed by atoms with E-state index in [1.54, 1.807) is 12.1 Å². The zero-order chi connectivity index (χ0) is 16.2. The largest absolute Gasteiger partial charge is 0.466 e. The summed E-state index contributed by atoms with van der Waals surface area (Å²) in [5.41, 5.74) is 1.03. The van der Waals surface area contributed by atoms with E-state index < -0.39 is 0 Å². The molecule has 0 fully saturated rings. The monoisotopic (exact) mass is 303 g/mol. The maximum absolute atomic E-state index is 13.1. The standard InChI is InChI=1S/C19H26FNO/c1-14(13-19(3,4)18-9-8-15(2)22-18)21-11-10-16-6-5-7-17(20)12-16/h5-9,12,14,21H,10-11,13H2,1-4H3. The number of aryl methyl sites for hydroxylation is 1. The predicted molar refractivity (Wildman–Crippen MR) is 88.7 cm³/mol. The van der Waals surface area contributed by atoms with Crippen molar-refractivity contribution in [3.05, 3.63) is 59.3 Å². The van der Waals surface area contributed by atoms with Gasteiger partial charge in [0, 0.05) is 11.5 Å². The molecule has 1 atom stereocenters.